The summed E-state index contributed by atoms with van der Waals surface area (Å²) in [7, 11) is 0. The first kappa shape index (κ1) is 10.8. The third-order valence-corrected chi connectivity index (χ3v) is 2.92. The van der Waals surface area contributed by atoms with Gasteiger partial charge in [-0.2, -0.15) is 5.10 Å². The highest BCUT2D eigenvalue weighted by molar-refractivity contribution is 5.46. The van der Waals surface area contributed by atoms with Crippen LogP contribution in [0.5, 0.6) is 0 Å². The van der Waals surface area contributed by atoms with Crippen LogP contribution in [0.1, 0.15) is 18.5 Å². The Balaban J connectivity index is 1.83. The van der Waals surface area contributed by atoms with Crippen LogP contribution >= 0.6 is 0 Å². The maximum Gasteiger partial charge on any atom is 0.157 e. The molecule has 18 heavy (non-hydrogen) atoms. The molecular weight excluding hydrogens is 224 g/mol. The monoisotopic (exact) mass is 238 g/mol. The minimum Gasteiger partial charge on any atom is -0.363 e. The van der Waals surface area contributed by atoms with Crippen molar-refractivity contribution in [2.45, 2.75) is 13.0 Å². The third kappa shape index (κ3) is 2.05. The lowest BCUT2D eigenvalue weighted by atomic mass is 10.1. The minimum atomic E-state index is 0.226. The lowest BCUT2D eigenvalue weighted by Crippen LogP contribution is -2.08. The van der Waals surface area contributed by atoms with Crippen molar-refractivity contribution in [3.8, 4) is 0 Å². The summed E-state index contributed by atoms with van der Waals surface area (Å²) in [6.07, 6.45) is 3.65. The van der Waals surface area contributed by atoms with Crippen LogP contribution in [0.15, 0.2) is 54.9 Å². The predicted molar refractivity (Wildman–Crippen MR) is 71.5 cm³/mol. The molecule has 0 bridgehead atoms. The van der Waals surface area contributed by atoms with Gasteiger partial charge in [-0.25, -0.2) is 9.50 Å². The first-order valence-electron chi connectivity index (χ1n) is 5.95. The van der Waals surface area contributed by atoms with E-state index in [2.05, 4.69) is 34.5 Å². The highest BCUT2D eigenvalue weighted by Crippen LogP contribution is 2.17. The van der Waals surface area contributed by atoms with Crippen LogP contribution in [-0.4, -0.2) is 14.6 Å². The molecule has 1 N–H and O–H groups in total. The van der Waals surface area contributed by atoms with Gasteiger partial charge in [0, 0.05) is 18.3 Å². The Morgan fingerprint density at radius 2 is 1.94 bits per heavy atom. The van der Waals surface area contributed by atoms with Crippen molar-refractivity contribution in [3.05, 3.63) is 60.4 Å². The molecule has 0 saturated carbocycles. The van der Waals surface area contributed by atoms with Gasteiger partial charge in [-0.3, -0.25) is 0 Å². The third-order valence-electron chi connectivity index (χ3n) is 2.92. The van der Waals surface area contributed by atoms with E-state index in [9.17, 15) is 0 Å². The summed E-state index contributed by atoms with van der Waals surface area (Å²) in [5.41, 5.74) is 2.09. The van der Waals surface area contributed by atoms with Crippen molar-refractivity contribution in [2.75, 3.05) is 5.32 Å². The summed E-state index contributed by atoms with van der Waals surface area (Å²) >= 11 is 0. The fraction of sp³-hybridized carbons (Fsp3) is 0.143. The van der Waals surface area contributed by atoms with Gasteiger partial charge in [0.05, 0.1) is 6.20 Å². The zero-order valence-electron chi connectivity index (χ0n) is 10.1. The smallest absolute Gasteiger partial charge is 0.157 e. The zero-order valence-corrected chi connectivity index (χ0v) is 10.1. The first-order chi connectivity index (χ1) is 8.83. The van der Waals surface area contributed by atoms with Gasteiger partial charge in [0.1, 0.15) is 5.82 Å². The molecule has 1 atom stereocenters. The molecule has 4 heteroatoms. The number of hydrogen-bond acceptors (Lipinski definition) is 3. The largest absolute Gasteiger partial charge is 0.363 e. The molecule has 0 unspecified atom stereocenters. The van der Waals surface area contributed by atoms with Gasteiger partial charge in [0.2, 0.25) is 0 Å². The summed E-state index contributed by atoms with van der Waals surface area (Å²) in [5.74, 6) is 0.861. The molecule has 2 aromatic heterocycles. The van der Waals surface area contributed by atoms with Crippen molar-refractivity contribution in [3.63, 3.8) is 0 Å². The number of benzene rings is 1. The maximum absolute atomic E-state index is 4.49. The lowest BCUT2D eigenvalue weighted by molar-refractivity contribution is 0.867. The predicted octanol–water partition coefficient (Wildman–Crippen LogP) is 2.90. The van der Waals surface area contributed by atoms with Crippen LogP contribution in [0.2, 0.25) is 0 Å². The fourth-order valence-corrected chi connectivity index (χ4v) is 1.94. The van der Waals surface area contributed by atoms with Gasteiger partial charge in [0.15, 0.2) is 5.65 Å². The number of fused-ring (bicyclic) bond motifs is 1. The highest BCUT2D eigenvalue weighted by atomic mass is 15.2. The molecule has 2 heterocycles. The van der Waals surface area contributed by atoms with Crippen LogP contribution in [-0.2, 0) is 0 Å². The Kier molecular flexibility index (Phi) is 2.68. The summed E-state index contributed by atoms with van der Waals surface area (Å²) in [6.45, 7) is 2.12. The SMILES string of the molecule is C[C@@H](Nc1ccn2nccc2n1)c1ccccc1. The van der Waals surface area contributed by atoms with Gasteiger partial charge in [0.25, 0.3) is 0 Å². The average molecular weight is 238 g/mol. The number of rotatable bonds is 3. The Morgan fingerprint density at radius 1 is 1.11 bits per heavy atom. The Morgan fingerprint density at radius 3 is 2.78 bits per heavy atom. The molecule has 0 saturated heterocycles. The number of anilines is 1. The summed E-state index contributed by atoms with van der Waals surface area (Å²) in [5, 5.41) is 7.51. The summed E-state index contributed by atoms with van der Waals surface area (Å²) in [4.78, 5) is 4.49. The van der Waals surface area contributed by atoms with Crippen molar-refractivity contribution < 1.29 is 0 Å². The molecular formula is C14H14N4. The van der Waals surface area contributed by atoms with Gasteiger partial charge < -0.3 is 5.32 Å². The molecule has 0 radical (unpaired) electrons. The molecule has 3 aromatic rings. The number of aromatic nitrogens is 3. The van der Waals surface area contributed by atoms with E-state index in [1.807, 2.05) is 36.5 Å². The topological polar surface area (TPSA) is 42.2 Å². The van der Waals surface area contributed by atoms with Crippen LogP contribution in [0.3, 0.4) is 0 Å². The second-order valence-electron chi connectivity index (χ2n) is 4.22. The normalized spacial score (nSPS) is 12.5. The van der Waals surface area contributed by atoms with E-state index >= 15 is 0 Å². The van der Waals surface area contributed by atoms with E-state index in [0.29, 0.717) is 0 Å². The van der Waals surface area contributed by atoms with E-state index < -0.39 is 0 Å². The summed E-state index contributed by atoms with van der Waals surface area (Å²) < 4.78 is 1.75. The van der Waals surface area contributed by atoms with Crippen LogP contribution in [0, 0.1) is 0 Å². The van der Waals surface area contributed by atoms with Gasteiger partial charge in [-0.05, 0) is 18.6 Å². The molecule has 0 spiro atoms. The van der Waals surface area contributed by atoms with E-state index in [1.54, 1.807) is 10.7 Å². The number of hydrogen-bond donors (Lipinski definition) is 1. The van der Waals surface area contributed by atoms with E-state index in [4.69, 9.17) is 0 Å². The van der Waals surface area contributed by atoms with Gasteiger partial charge in [-0.1, -0.05) is 30.3 Å². The highest BCUT2D eigenvalue weighted by Gasteiger charge is 2.05. The number of nitrogens with zero attached hydrogens (tertiary/aromatic N) is 3. The fourth-order valence-electron chi connectivity index (χ4n) is 1.94. The standard InChI is InChI=1S/C14H14N4/c1-11(12-5-3-2-4-6-12)16-13-8-10-18-14(17-13)7-9-15-18/h2-11H,1H3,(H,16,17)/t11-/m1/s1. The summed E-state index contributed by atoms with van der Waals surface area (Å²) in [6, 6.07) is 14.4. The van der Waals surface area contributed by atoms with Crippen molar-refractivity contribution in [1.29, 1.82) is 0 Å². The van der Waals surface area contributed by atoms with Crippen LogP contribution in [0.4, 0.5) is 5.82 Å². The maximum atomic E-state index is 4.49. The molecule has 0 fully saturated rings. The Hall–Kier alpha value is -2.36. The van der Waals surface area contributed by atoms with Crippen molar-refractivity contribution in [2.24, 2.45) is 0 Å². The zero-order chi connectivity index (χ0) is 12.4. The quantitative estimate of drug-likeness (QED) is 0.763. The first-order valence-corrected chi connectivity index (χ1v) is 5.95. The van der Waals surface area contributed by atoms with Gasteiger partial charge >= 0.3 is 0 Å². The second-order valence-corrected chi connectivity index (χ2v) is 4.22. The van der Waals surface area contributed by atoms with E-state index in [0.717, 1.165) is 11.5 Å². The lowest BCUT2D eigenvalue weighted by Gasteiger charge is -2.14. The molecule has 90 valence electrons. The number of nitrogens with one attached hydrogen (secondary N) is 1. The molecule has 0 aliphatic carbocycles. The van der Waals surface area contributed by atoms with Crippen molar-refractivity contribution >= 4 is 11.5 Å². The molecule has 0 amide bonds. The molecule has 1 aromatic carbocycles. The van der Waals surface area contributed by atoms with Crippen molar-refractivity contribution in [1.82, 2.24) is 14.6 Å². The molecule has 3 rings (SSSR count). The Bertz CT molecular complexity index is 645. The molecule has 0 aliphatic heterocycles. The Labute approximate surface area is 105 Å². The second kappa shape index (κ2) is 4.49. The van der Waals surface area contributed by atoms with E-state index in [1.165, 1.54) is 5.56 Å². The van der Waals surface area contributed by atoms with Crippen LogP contribution in [0.25, 0.3) is 5.65 Å². The van der Waals surface area contributed by atoms with E-state index in [-0.39, 0.29) is 6.04 Å². The molecule has 0 aliphatic rings. The average Bonchev–Trinajstić information content (AvgIpc) is 2.87. The molecule has 4 nitrogen and oxygen atoms in total. The van der Waals surface area contributed by atoms with Gasteiger partial charge in [-0.15, -0.1) is 0 Å². The van der Waals surface area contributed by atoms with Crippen LogP contribution < -0.4 is 5.32 Å². The minimum absolute atomic E-state index is 0.226.